The maximum Gasteiger partial charge on any atom is 0.151 e. The largest absolute Gasteiger partial charge is 0.464 e. The van der Waals surface area contributed by atoms with Gasteiger partial charge in [-0.25, -0.2) is 0 Å². The van der Waals surface area contributed by atoms with Crippen molar-refractivity contribution in [2.45, 2.75) is 0 Å². The molecule has 1 unspecified atom stereocenters. The minimum Gasteiger partial charge on any atom is -0.464 e. The molecular formula is C36H28OP2. The average Bonchev–Trinajstić information content (AvgIpc) is 3.02. The van der Waals surface area contributed by atoms with E-state index in [1.807, 2.05) is 30.3 Å². The Morgan fingerprint density at radius 2 is 0.718 bits per heavy atom. The van der Waals surface area contributed by atoms with Crippen molar-refractivity contribution in [1.82, 2.24) is 0 Å². The van der Waals surface area contributed by atoms with Crippen LogP contribution in [0.2, 0.25) is 0 Å². The molecule has 6 aromatic carbocycles. The fourth-order valence-corrected chi connectivity index (χ4v) is 9.11. The van der Waals surface area contributed by atoms with Crippen molar-refractivity contribution < 1.29 is 4.52 Å². The lowest BCUT2D eigenvalue weighted by Gasteiger charge is -2.25. The van der Waals surface area contributed by atoms with E-state index in [-0.39, 0.29) is 0 Å². The van der Waals surface area contributed by atoms with Gasteiger partial charge in [-0.05, 0) is 47.1 Å². The molecule has 0 N–H and O–H groups in total. The highest BCUT2D eigenvalue weighted by Crippen LogP contribution is 2.42. The van der Waals surface area contributed by atoms with Gasteiger partial charge in [-0.2, -0.15) is 0 Å². The summed E-state index contributed by atoms with van der Waals surface area (Å²) >= 11 is 0. The van der Waals surface area contributed by atoms with Gasteiger partial charge in [-0.1, -0.05) is 158 Å². The van der Waals surface area contributed by atoms with Crippen molar-refractivity contribution >= 4 is 42.6 Å². The van der Waals surface area contributed by atoms with Crippen LogP contribution in [-0.2, 0) is 0 Å². The van der Waals surface area contributed by atoms with E-state index in [1.165, 1.54) is 37.6 Å². The molecule has 0 aliphatic heterocycles. The predicted molar refractivity (Wildman–Crippen MR) is 170 cm³/mol. The first-order chi connectivity index (χ1) is 19.4. The second kappa shape index (κ2) is 12.2. The van der Waals surface area contributed by atoms with Gasteiger partial charge < -0.3 is 4.52 Å². The average molecular weight is 539 g/mol. The maximum absolute atomic E-state index is 6.79. The van der Waals surface area contributed by atoms with Crippen molar-refractivity contribution in [2.24, 2.45) is 0 Å². The predicted octanol–water partition coefficient (Wildman–Crippen LogP) is 7.54. The van der Waals surface area contributed by atoms with Gasteiger partial charge in [0, 0.05) is 10.6 Å². The monoisotopic (exact) mass is 538 g/mol. The molecule has 1 atom stereocenters. The van der Waals surface area contributed by atoms with Crippen LogP contribution in [0.5, 0.6) is 5.75 Å². The molecule has 0 heterocycles. The molecule has 0 aliphatic carbocycles. The summed E-state index contributed by atoms with van der Waals surface area (Å²) in [6.45, 7) is 0. The summed E-state index contributed by atoms with van der Waals surface area (Å²) in [7, 11) is -1.86. The third kappa shape index (κ3) is 5.71. The molecular weight excluding hydrogens is 510 g/mol. The van der Waals surface area contributed by atoms with Gasteiger partial charge in [0.25, 0.3) is 0 Å². The molecule has 0 amide bonds. The van der Waals surface area contributed by atoms with E-state index in [0.29, 0.717) is 0 Å². The van der Waals surface area contributed by atoms with E-state index < -0.39 is 16.1 Å². The minimum atomic E-state index is -1.10. The number of para-hydroxylation sites is 1. The normalized spacial score (nSPS) is 11.7. The van der Waals surface area contributed by atoms with Crippen molar-refractivity contribution in [3.63, 3.8) is 0 Å². The quantitative estimate of drug-likeness (QED) is 0.182. The molecule has 6 aromatic rings. The summed E-state index contributed by atoms with van der Waals surface area (Å²) in [6.07, 6.45) is 0. The zero-order chi connectivity index (χ0) is 26.3. The number of hydrogen-bond donors (Lipinski definition) is 0. The van der Waals surface area contributed by atoms with Gasteiger partial charge in [0.05, 0.1) is 0 Å². The Morgan fingerprint density at radius 1 is 0.333 bits per heavy atom. The Hall–Kier alpha value is -4.02. The first kappa shape index (κ1) is 25.3. The first-order valence-electron chi connectivity index (χ1n) is 13.1. The van der Waals surface area contributed by atoms with Gasteiger partial charge in [-0.3, -0.25) is 0 Å². The number of benzene rings is 6. The fraction of sp³-hybridized carbons (Fsp3) is 0. The Morgan fingerprint density at radius 3 is 1.26 bits per heavy atom. The number of rotatable bonds is 8. The lowest BCUT2D eigenvalue weighted by molar-refractivity contribution is 0.630. The van der Waals surface area contributed by atoms with Gasteiger partial charge in [0.15, 0.2) is 8.15 Å². The van der Waals surface area contributed by atoms with E-state index in [9.17, 15) is 0 Å². The SMILES string of the molecule is c1ccc(OP(c2ccccc2)c2ccccc2-c2ccccc2P(c2ccccc2)c2ccccc2)cc1. The molecule has 0 aliphatic rings. The van der Waals surface area contributed by atoms with E-state index >= 15 is 0 Å². The lowest BCUT2D eigenvalue weighted by Crippen LogP contribution is -2.24. The van der Waals surface area contributed by atoms with Crippen LogP contribution in [0.3, 0.4) is 0 Å². The highest BCUT2D eigenvalue weighted by Gasteiger charge is 2.25. The summed E-state index contributed by atoms with van der Waals surface area (Å²) in [5, 5.41) is 6.43. The third-order valence-corrected chi connectivity index (χ3v) is 11.0. The highest BCUT2D eigenvalue weighted by molar-refractivity contribution is 7.80. The minimum absolute atomic E-state index is 0.758. The molecule has 0 saturated heterocycles. The van der Waals surface area contributed by atoms with Crippen LogP contribution in [0.15, 0.2) is 170 Å². The topological polar surface area (TPSA) is 9.23 Å². The molecule has 1 nitrogen and oxygen atoms in total. The highest BCUT2D eigenvalue weighted by atomic mass is 31.1. The molecule has 39 heavy (non-hydrogen) atoms. The van der Waals surface area contributed by atoms with Crippen LogP contribution < -0.4 is 31.0 Å². The fourth-order valence-electron chi connectivity index (χ4n) is 4.75. The molecule has 3 heteroatoms. The van der Waals surface area contributed by atoms with Gasteiger partial charge >= 0.3 is 0 Å². The van der Waals surface area contributed by atoms with Crippen molar-refractivity contribution in [1.29, 1.82) is 0 Å². The smallest absolute Gasteiger partial charge is 0.151 e. The van der Waals surface area contributed by atoms with Crippen LogP contribution in [0.4, 0.5) is 0 Å². The van der Waals surface area contributed by atoms with Gasteiger partial charge in [0.1, 0.15) is 5.75 Å². The number of hydrogen-bond acceptors (Lipinski definition) is 1. The molecule has 0 bridgehead atoms. The van der Waals surface area contributed by atoms with E-state index in [0.717, 1.165) is 5.75 Å². The molecule has 0 aromatic heterocycles. The van der Waals surface area contributed by atoms with Crippen LogP contribution in [0.1, 0.15) is 0 Å². The van der Waals surface area contributed by atoms with Gasteiger partial charge in [-0.15, -0.1) is 0 Å². The summed E-state index contributed by atoms with van der Waals surface area (Å²) < 4.78 is 6.79. The molecule has 0 spiro atoms. The molecule has 0 fully saturated rings. The first-order valence-corrected chi connectivity index (χ1v) is 15.7. The third-order valence-electron chi connectivity index (χ3n) is 6.52. The van der Waals surface area contributed by atoms with Crippen LogP contribution >= 0.6 is 16.1 Å². The van der Waals surface area contributed by atoms with Crippen molar-refractivity contribution in [2.75, 3.05) is 0 Å². The van der Waals surface area contributed by atoms with Crippen LogP contribution in [0.25, 0.3) is 11.1 Å². The summed E-state index contributed by atoms with van der Waals surface area (Å²) in [6, 6.07) is 60.3. The van der Waals surface area contributed by atoms with Crippen LogP contribution in [-0.4, -0.2) is 0 Å². The zero-order valence-electron chi connectivity index (χ0n) is 21.5. The standard InChI is InChI=1S/C36H28OP2/c1-5-17-29(18-6-1)37-39(32-23-11-4-12-24-32)36-28-16-14-26-34(36)33-25-13-15-27-35(33)38(30-19-7-2-8-20-30)31-21-9-3-10-22-31/h1-28H. The van der Waals surface area contributed by atoms with Gasteiger partial charge in [0.2, 0.25) is 0 Å². The lowest BCUT2D eigenvalue weighted by atomic mass is 10.1. The Bertz CT molecular complexity index is 1580. The zero-order valence-corrected chi connectivity index (χ0v) is 23.3. The molecule has 0 radical (unpaired) electrons. The second-order valence-electron chi connectivity index (χ2n) is 9.08. The molecule has 6 rings (SSSR count). The maximum atomic E-state index is 6.79. The molecule has 188 valence electrons. The summed E-state index contributed by atoms with van der Waals surface area (Å²) in [4.78, 5) is 0. The van der Waals surface area contributed by atoms with Crippen molar-refractivity contribution in [3.05, 3.63) is 170 Å². The van der Waals surface area contributed by atoms with E-state index in [4.69, 9.17) is 4.52 Å². The van der Waals surface area contributed by atoms with E-state index in [2.05, 4.69) is 140 Å². The second-order valence-corrected chi connectivity index (χ2v) is 13.0. The van der Waals surface area contributed by atoms with Crippen molar-refractivity contribution in [3.8, 4) is 16.9 Å². The Balaban J connectivity index is 1.53. The Kier molecular flexibility index (Phi) is 7.92. The Labute approximate surface area is 233 Å². The summed E-state index contributed by atoms with van der Waals surface area (Å²) in [5.74, 6) is 0.881. The summed E-state index contributed by atoms with van der Waals surface area (Å²) in [5.41, 5.74) is 2.48. The van der Waals surface area contributed by atoms with E-state index in [1.54, 1.807) is 0 Å². The molecule has 0 saturated carbocycles. The van der Waals surface area contributed by atoms with Crippen LogP contribution in [0, 0.1) is 0 Å².